The van der Waals surface area contributed by atoms with E-state index in [9.17, 15) is 0 Å². The van der Waals surface area contributed by atoms with E-state index in [1.54, 1.807) is 0 Å². The number of nitrogens with zero attached hydrogens (tertiary/aromatic N) is 2. The zero-order chi connectivity index (χ0) is 15.7. The first kappa shape index (κ1) is 15.1. The number of likely N-dealkylation sites (tertiary alicyclic amines) is 1. The van der Waals surface area contributed by atoms with Gasteiger partial charge in [0.05, 0.1) is 0 Å². The van der Waals surface area contributed by atoms with Crippen LogP contribution in [-0.4, -0.2) is 43.8 Å². The number of fused-ring (bicyclic) bond motifs is 1. The Hall–Kier alpha value is -1.81. The highest BCUT2D eigenvalue weighted by Crippen LogP contribution is 2.32. The maximum absolute atomic E-state index is 7.43. The molecule has 0 spiro atoms. The minimum atomic E-state index is 0.708. The predicted octanol–water partition coefficient (Wildman–Crippen LogP) is 2.34. The lowest BCUT2D eigenvalue weighted by Crippen LogP contribution is -2.29. The van der Waals surface area contributed by atoms with Gasteiger partial charge >= 0.3 is 0 Å². The van der Waals surface area contributed by atoms with E-state index >= 15 is 0 Å². The Balaban J connectivity index is 1.74. The molecule has 2 heterocycles. The number of allylic oxidation sites excluding steroid dienone is 1. The maximum Gasteiger partial charge on any atom is 0.0400 e. The van der Waals surface area contributed by atoms with Crippen molar-refractivity contribution in [2.45, 2.75) is 25.8 Å². The fourth-order valence-electron chi connectivity index (χ4n) is 3.84. The quantitative estimate of drug-likeness (QED) is 0.839. The van der Waals surface area contributed by atoms with Gasteiger partial charge in [-0.25, -0.2) is 0 Å². The van der Waals surface area contributed by atoms with Gasteiger partial charge in [0.2, 0.25) is 0 Å². The van der Waals surface area contributed by atoms with Gasteiger partial charge in [-0.3, -0.25) is 0 Å². The van der Waals surface area contributed by atoms with Crippen LogP contribution in [0.25, 0.3) is 5.57 Å². The molecule has 2 atom stereocenters. The Morgan fingerprint density at radius 1 is 1.45 bits per heavy atom. The van der Waals surface area contributed by atoms with Crippen LogP contribution in [-0.2, 0) is 6.42 Å². The molecule has 1 saturated heterocycles. The smallest absolute Gasteiger partial charge is 0.0400 e. The van der Waals surface area contributed by atoms with Crippen LogP contribution >= 0.6 is 0 Å². The van der Waals surface area contributed by atoms with Crippen LogP contribution in [0.5, 0.6) is 0 Å². The number of hydrogen-bond acceptors (Lipinski definition) is 4. The number of nitrogens with one attached hydrogen (secondary N) is 1. The van der Waals surface area contributed by atoms with E-state index in [-0.39, 0.29) is 0 Å². The minimum absolute atomic E-state index is 0.708. The van der Waals surface area contributed by atoms with Crippen LogP contribution in [0.15, 0.2) is 24.4 Å². The van der Waals surface area contributed by atoms with E-state index < -0.39 is 0 Å². The number of nitrogens with two attached hydrogens (primary N) is 1. The summed E-state index contributed by atoms with van der Waals surface area (Å²) in [5, 5.41) is 7.43. The predicted molar refractivity (Wildman–Crippen MR) is 93.5 cm³/mol. The molecule has 2 aliphatic heterocycles. The SMILES string of the molecule is CC1CC(CN2CCc3cc(/C(C=N)=C/N)ccc32)CN1C. The third-order valence-electron chi connectivity index (χ3n) is 5.19. The lowest BCUT2D eigenvalue weighted by atomic mass is 10.0. The molecule has 1 aromatic carbocycles. The molecule has 1 fully saturated rings. The second-order valence-electron chi connectivity index (χ2n) is 6.70. The van der Waals surface area contributed by atoms with E-state index in [0.717, 1.165) is 36.6 Å². The summed E-state index contributed by atoms with van der Waals surface area (Å²) in [4.78, 5) is 5.00. The maximum atomic E-state index is 7.43. The van der Waals surface area contributed by atoms with Gasteiger partial charge in [-0.2, -0.15) is 0 Å². The highest BCUT2D eigenvalue weighted by molar-refractivity contribution is 6.08. The Bertz CT molecular complexity index is 583. The first-order valence-electron chi connectivity index (χ1n) is 8.13. The third kappa shape index (κ3) is 2.75. The van der Waals surface area contributed by atoms with Crippen LogP contribution in [0, 0.1) is 11.3 Å². The molecule has 0 aliphatic carbocycles. The van der Waals surface area contributed by atoms with E-state index in [4.69, 9.17) is 11.1 Å². The molecule has 0 saturated carbocycles. The van der Waals surface area contributed by atoms with Gasteiger partial charge in [0.25, 0.3) is 0 Å². The molecule has 4 heteroatoms. The van der Waals surface area contributed by atoms with Crippen molar-refractivity contribution in [3.63, 3.8) is 0 Å². The fourth-order valence-corrected chi connectivity index (χ4v) is 3.84. The van der Waals surface area contributed by atoms with Crippen molar-refractivity contribution >= 4 is 17.5 Å². The molecular weight excluding hydrogens is 272 g/mol. The third-order valence-corrected chi connectivity index (χ3v) is 5.19. The molecule has 4 nitrogen and oxygen atoms in total. The van der Waals surface area contributed by atoms with E-state index in [0.29, 0.717) is 6.04 Å². The summed E-state index contributed by atoms with van der Waals surface area (Å²) in [6.45, 7) is 5.80. The van der Waals surface area contributed by atoms with Gasteiger partial charge in [-0.15, -0.1) is 0 Å². The summed E-state index contributed by atoms with van der Waals surface area (Å²) in [7, 11) is 2.23. The molecule has 0 bridgehead atoms. The highest BCUT2D eigenvalue weighted by Gasteiger charge is 2.29. The van der Waals surface area contributed by atoms with Crippen molar-refractivity contribution in [1.29, 1.82) is 5.41 Å². The summed E-state index contributed by atoms with van der Waals surface area (Å²) in [5.74, 6) is 0.770. The molecule has 3 rings (SSSR count). The van der Waals surface area contributed by atoms with E-state index in [1.165, 1.54) is 36.6 Å². The first-order valence-corrected chi connectivity index (χ1v) is 8.13. The van der Waals surface area contributed by atoms with Crippen molar-refractivity contribution < 1.29 is 0 Å². The van der Waals surface area contributed by atoms with Gasteiger partial charge in [0.15, 0.2) is 0 Å². The molecular formula is C18H26N4. The molecule has 3 N–H and O–H groups in total. The molecule has 2 aliphatic rings. The van der Waals surface area contributed by atoms with Crippen molar-refractivity contribution in [3.05, 3.63) is 35.5 Å². The average Bonchev–Trinajstić information content (AvgIpc) is 3.04. The van der Waals surface area contributed by atoms with Crippen molar-refractivity contribution in [2.75, 3.05) is 31.6 Å². The molecule has 118 valence electrons. The average molecular weight is 298 g/mol. The summed E-state index contributed by atoms with van der Waals surface area (Å²) >= 11 is 0. The van der Waals surface area contributed by atoms with Crippen LogP contribution in [0.3, 0.4) is 0 Å². The number of rotatable bonds is 4. The minimum Gasteiger partial charge on any atom is -0.404 e. The Morgan fingerprint density at radius 2 is 2.27 bits per heavy atom. The van der Waals surface area contributed by atoms with E-state index in [1.807, 2.05) is 0 Å². The molecule has 1 aromatic rings. The highest BCUT2D eigenvalue weighted by atomic mass is 15.2. The summed E-state index contributed by atoms with van der Waals surface area (Å²) in [5.41, 5.74) is 10.2. The summed E-state index contributed by atoms with van der Waals surface area (Å²) in [6, 6.07) is 7.19. The standard InChI is InChI=1S/C18H26N4/c1-13-7-14(11-21(13)2)12-22-6-5-16-8-15(3-4-18(16)22)17(9-19)10-20/h3-4,8-10,13-14,19H,5-7,11-12,20H2,1-2H3/b17-10+,19-9?. The van der Waals surface area contributed by atoms with Gasteiger partial charge in [-0.05, 0) is 56.0 Å². The van der Waals surface area contributed by atoms with Crippen molar-refractivity contribution in [3.8, 4) is 0 Å². The van der Waals surface area contributed by atoms with Crippen molar-refractivity contribution in [2.24, 2.45) is 11.7 Å². The number of anilines is 1. The van der Waals surface area contributed by atoms with E-state index in [2.05, 4.69) is 42.0 Å². The Kier molecular flexibility index (Phi) is 4.21. The van der Waals surface area contributed by atoms with Crippen LogP contribution in [0.4, 0.5) is 5.69 Å². The Morgan fingerprint density at radius 3 is 2.91 bits per heavy atom. The first-order chi connectivity index (χ1) is 10.6. The van der Waals surface area contributed by atoms with Crippen LogP contribution in [0.2, 0.25) is 0 Å². The van der Waals surface area contributed by atoms with Gasteiger partial charge in [0.1, 0.15) is 0 Å². The largest absolute Gasteiger partial charge is 0.404 e. The number of benzene rings is 1. The van der Waals surface area contributed by atoms with Crippen LogP contribution < -0.4 is 10.6 Å². The Labute approximate surface area is 133 Å². The monoisotopic (exact) mass is 298 g/mol. The zero-order valence-electron chi connectivity index (χ0n) is 13.5. The molecule has 0 amide bonds. The molecule has 2 unspecified atom stereocenters. The van der Waals surface area contributed by atoms with Crippen molar-refractivity contribution in [1.82, 2.24) is 4.90 Å². The normalized spacial score (nSPS) is 25.5. The second kappa shape index (κ2) is 6.13. The van der Waals surface area contributed by atoms with Crippen LogP contribution in [0.1, 0.15) is 24.5 Å². The topological polar surface area (TPSA) is 56.4 Å². The lowest BCUT2D eigenvalue weighted by Gasteiger charge is -2.23. The fraction of sp³-hybridized carbons (Fsp3) is 0.500. The van der Waals surface area contributed by atoms with Gasteiger partial charge in [-0.1, -0.05) is 6.07 Å². The number of hydrogen-bond donors (Lipinski definition) is 2. The molecule has 22 heavy (non-hydrogen) atoms. The molecule has 0 radical (unpaired) electrons. The zero-order valence-corrected chi connectivity index (χ0v) is 13.5. The molecule has 0 aromatic heterocycles. The summed E-state index contributed by atoms with van der Waals surface area (Å²) in [6.07, 6.45) is 5.23. The van der Waals surface area contributed by atoms with Gasteiger partial charge in [0, 0.05) is 49.4 Å². The van der Waals surface area contributed by atoms with Gasteiger partial charge < -0.3 is 20.9 Å². The lowest BCUT2D eigenvalue weighted by molar-refractivity contribution is 0.325. The second-order valence-corrected chi connectivity index (χ2v) is 6.70. The summed E-state index contributed by atoms with van der Waals surface area (Å²) < 4.78 is 0.